The molecule has 0 fully saturated rings. The number of carbonyl (C=O) groups is 2. The topological polar surface area (TPSA) is 64.6 Å². The van der Waals surface area contributed by atoms with Gasteiger partial charge in [0.15, 0.2) is 0 Å². The third-order valence-corrected chi connectivity index (χ3v) is 1.54. The van der Waals surface area contributed by atoms with Crippen molar-refractivity contribution in [1.29, 1.82) is 0 Å². The predicted octanol–water partition coefficient (Wildman–Crippen LogP) is 2.88. The number of hydrogen-bond donors (Lipinski definition) is 1. The normalized spacial score (nSPS) is 11.7. The lowest BCUT2D eigenvalue weighted by molar-refractivity contribution is -0.143. The Morgan fingerprint density at radius 3 is 2.11 bits per heavy atom. The summed E-state index contributed by atoms with van der Waals surface area (Å²) in [6.07, 6.45) is -0.378. The molecule has 0 radical (unpaired) electrons. The van der Waals surface area contributed by atoms with Crippen LogP contribution in [0.2, 0.25) is 0 Å². The van der Waals surface area contributed by atoms with Gasteiger partial charge in [0, 0.05) is 6.04 Å². The number of amides is 1. The van der Waals surface area contributed by atoms with Gasteiger partial charge in [-0.3, -0.25) is 4.79 Å². The van der Waals surface area contributed by atoms with E-state index in [2.05, 4.69) is 5.32 Å². The van der Waals surface area contributed by atoms with Crippen LogP contribution >= 0.6 is 0 Å². The highest BCUT2D eigenvalue weighted by molar-refractivity contribution is 5.72. The monoisotopic (exact) mass is 261 g/mol. The molecule has 0 spiro atoms. The summed E-state index contributed by atoms with van der Waals surface area (Å²) >= 11 is 0. The maximum Gasteiger partial charge on any atom is 0.407 e. The van der Waals surface area contributed by atoms with E-state index in [1.807, 2.05) is 13.8 Å². The number of ether oxygens (including phenoxy) is 2. The first-order chi connectivity index (χ1) is 8.24. The van der Waals surface area contributed by atoms with Crippen LogP contribution < -0.4 is 5.32 Å². The summed E-state index contributed by atoms with van der Waals surface area (Å²) in [4.78, 5) is 22.4. The number of rotatable bonds is 4. The molecule has 108 valence electrons. The van der Waals surface area contributed by atoms with E-state index in [9.17, 15) is 9.59 Å². The van der Waals surface area contributed by atoms with Crippen LogP contribution in [-0.4, -0.2) is 30.3 Å². The lowest BCUT2D eigenvalue weighted by Crippen LogP contribution is -2.38. The first-order valence-electron chi connectivity index (χ1n) is 6.39. The van der Waals surface area contributed by atoms with Crippen molar-refractivity contribution in [3.63, 3.8) is 0 Å². The fraction of sp³-hybridized carbons (Fsp3) is 0.846. The van der Waals surface area contributed by atoms with Crippen molar-refractivity contribution < 1.29 is 19.1 Å². The van der Waals surface area contributed by atoms with Gasteiger partial charge in [-0.15, -0.1) is 0 Å². The standard InChI is InChI=1S/C11H21NO4.C2H6/c1-6-15-9(13)7-8(2)12-10(14)16-11(3,4)5;1-2/h8H,6-7H2,1-5H3,(H,12,14);1-2H3/t8-;/m0./s1. The van der Waals surface area contributed by atoms with E-state index < -0.39 is 11.7 Å². The van der Waals surface area contributed by atoms with Crippen molar-refractivity contribution >= 4 is 12.1 Å². The maximum absolute atomic E-state index is 11.3. The number of nitrogens with one attached hydrogen (secondary N) is 1. The molecule has 0 saturated carbocycles. The molecule has 1 amide bonds. The van der Waals surface area contributed by atoms with Crippen LogP contribution in [0.25, 0.3) is 0 Å². The van der Waals surface area contributed by atoms with E-state index in [0.717, 1.165) is 0 Å². The number of esters is 1. The molecular formula is C13H27NO4. The maximum atomic E-state index is 11.3. The van der Waals surface area contributed by atoms with Gasteiger partial charge in [0.25, 0.3) is 0 Å². The van der Waals surface area contributed by atoms with Crippen LogP contribution in [-0.2, 0) is 14.3 Å². The van der Waals surface area contributed by atoms with Crippen molar-refractivity contribution in [2.45, 2.75) is 66.5 Å². The summed E-state index contributed by atoms with van der Waals surface area (Å²) in [6.45, 7) is 13.1. The second kappa shape index (κ2) is 9.74. The fourth-order valence-corrected chi connectivity index (χ4v) is 1.03. The molecule has 1 N–H and O–H groups in total. The molecular weight excluding hydrogens is 234 g/mol. The summed E-state index contributed by atoms with van der Waals surface area (Å²) in [6, 6.07) is -0.297. The molecule has 0 aliphatic rings. The first-order valence-corrected chi connectivity index (χ1v) is 6.39. The van der Waals surface area contributed by atoms with Crippen LogP contribution in [0.15, 0.2) is 0 Å². The summed E-state index contributed by atoms with van der Waals surface area (Å²) < 4.78 is 9.81. The SMILES string of the molecule is CC.CCOC(=O)C[C@H](C)NC(=O)OC(C)(C)C. The van der Waals surface area contributed by atoms with Gasteiger partial charge in [-0.05, 0) is 34.6 Å². The lowest BCUT2D eigenvalue weighted by atomic mass is 10.2. The van der Waals surface area contributed by atoms with E-state index in [-0.39, 0.29) is 18.4 Å². The first kappa shape index (κ1) is 19.1. The Morgan fingerprint density at radius 1 is 1.22 bits per heavy atom. The van der Waals surface area contributed by atoms with Crippen LogP contribution in [0.4, 0.5) is 4.79 Å². The second-order valence-corrected chi connectivity index (χ2v) is 4.56. The van der Waals surface area contributed by atoms with Gasteiger partial charge >= 0.3 is 12.1 Å². The molecule has 0 aliphatic heterocycles. The highest BCUT2D eigenvalue weighted by Crippen LogP contribution is 2.07. The summed E-state index contributed by atoms with van der Waals surface area (Å²) in [7, 11) is 0. The average molecular weight is 261 g/mol. The molecule has 0 heterocycles. The van der Waals surface area contributed by atoms with Gasteiger partial charge in [-0.1, -0.05) is 13.8 Å². The minimum absolute atomic E-state index is 0.146. The minimum atomic E-state index is -0.534. The van der Waals surface area contributed by atoms with E-state index in [1.165, 1.54) is 0 Å². The van der Waals surface area contributed by atoms with Crippen LogP contribution in [0.3, 0.4) is 0 Å². The van der Waals surface area contributed by atoms with E-state index in [0.29, 0.717) is 6.61 Å². The Labute approximate surface area is 110 Å². The second-order valence-electron chi connectivity index (χ2n) is 4.56. The zero-order valence-corrected chi connectivity index (χ0v) is 12.6. The van der Waals surface area contributed by atoms with Gasteiger partial charge in [-0.25, -0.2) is 4.79 Å². The predicted molar refractivity (Wildman–Crippen MR) is 71.4 cm³/mol. The highest BCUT2D eigenvalue weighted by Gasteiger charge is 2.18. The van der Waals surface area contributed by atoms with Crippen molar-refractivity contribution in [2.24, 2.45) is 0 Å². The van der Waals surface area contributed by atoms with Gasteiger partial charge in [0.05, 0.1) is 13.0 Å². The molecule has 18 heavy (non-hydrogen) atoms. The quantitative estimate of drug-likeness (QED) is 0.790. The number of hydrogen-bond acceptors (Lipinski definition) is 4. The van der Waals surface area contributed by atoms with Crippen molar-refractivity contribution in [3.05, 3.63) is 0 Å². The highest BCUT2D eigenvalue weighted by atomic mass is 16.6. The Balaban J connectivity index is 0. The fourth-order valence-electron chi connectivity index (χ4n) is 1.03. The zero-order valence-electron chi connectivity index (χ0n) is 12.6. The average Bonchev–Trinajstić information content (AvgIpc) is 2.17. The molecule has 0 unspecified atom stereocenters. The minimum Gasteiger partial charge on any atom is -0.466 e. The van der Waals surface area contributed by atoms with Gasteiger partial charge in [0.2, 0.25) is 0 Å². The Bertz CT molecular complexity index is 246. The summed E-state index contributed by atoms with van der Waals surface area (Å²) in [5.74, 6) is -0.328. The van der Waals surface area contributed by atoms with E-state index in [4.69, 9.17) is 9.47 Å². The molecule has 1 atom stereocenters. The lowest BCUT2D eigenvalue weighted by Gasteiger charge is -2.21. The van der Waals surface area contributed by atoms with Gasteiger partial charge in [-0.2, -0.15) is 0 Å². The molecule has 0 saturated heterocycles. The Hall–Kier alpha value is -1.26. The van der Waals surface area contributed by atoms with Crippen molar-refractivity contribution in [2.75, 3.05) is 6.61 Å². The number of alkyl carbamates (subject to hydrolysis) is 1. The Morgan fingerprint density at radius 2 is 1.72 bits per heavy atom. The molecule has 5 nitrogen and oxygen atoms in total. The van der Waals surface area contributed by atoms with Gasteiger partial charge < -0.3 is 14.8 Å². The third kappa shape index (κ3) is 12.8. The largest absolute Gasteiger partial charge is 0.466 e. The third-order valence-electron chi connectivity index (χ3n) is 1.54. The van der Waals surface area contributed by atoms with E-state index >= 15 is 0 Å². The van der Waals surface area contributed by atoms with Crippen LogP contribution in [0.5, 0.6) is 0 Å². The molecule has 0 aliphatic carbocycles. The molecule has 0 aromatic rings. The van der Waals surface area contributed by atoms with Crippen LogP contribution in [0.1, 0.15) is 54.9 Å². The van der Waals surface area contributed by atoms with E-state index in [1.54, 1.807) is 34.6 Å². The molecule has 0 aromatic heterocycles. The summed E-state index contributed by atoms with van der Waals surface area (Å²) in [5, 5.41) is 2.56. The molecule has 0 bridgehead atoms. The molecule has 0 aromatic carbocycles. The Kier molecular flexibility index (Phi) is 10.3. The van der Waals surface area contributed by atoms with Crippen LogP contribution in [0, 0.1) is 0 Å². The smallest absolute Gasteiger partial charge is 0.407 e. The van der Waals surface area contributed by atoms with Crippen molar-refractivity contribution in [3.8, 4) is 0 Å². The summed E-state index contributed by atoms with van der Waals surface area (Å²) in [5.41, 5.74) is -0.534. The molecule has 0 rings (SSSR count). The zero-order chi connectivity index (χ0) is 14.8. The van der Waals surface area contributed by atoms with Crippen molar-refractivity contribution in [1.82, 2.24) is 5.32 Å². The number of carbonyl (C=O) groups excluding carboxylic acids is 2. The molecule has 5 heteroatoms. The van der Waals surface area contributed by atoms with Gasteiger partial charge in [0.1, 0.15) is 5.60 Å².